The van der Waals surface area contributed by atoms with E-state index in [9.17, 15) is 0 Å². The van der Waals surface area contributed by atoms with E-state index >= 15 is 0 Å². The minimum Gasteiger partial charge on any atom is -0.316 e. The molecule has 3 heteroatoms. The molecule has 0 fully saturated rings. The van der Waals surface area contributed by atoms with Crippen LogP contribution in [-0.2, 0) is 6.54 Å². The number of thiophene rings is 1. The van der Waals surface area contributed by atoms with E-state index in [1.807, 2.05) is 13.1 Å². The van der Waals surface area contributed by atoms with Crippen molar-refractivity contribution in [1.29, 1.82) is 0 Å². The summed E-state index contributed by atoms with van der Waals surface area (Å²) in [7, 11) is 1.92. The van der Waals surface area contributed by atoms with Crippen LogP contribution in [0.2, 0.25) is 5.02 Å². The highest BCUT2D eigenvalue weighted by atomic mass is 35.5. The normalized spacial score (nSPS) is 10.7. The SMILES string of the molecule is CNCc1ccc(-c2ccsc2C)cc1Cl. The van der Waals surface area contributed by atoms with E-state index < -0.39 is 0 Å². The molecule has 2 rings (SSSR count). The van der Waals surface area contributed by atoms with Crippen LogP contribution in [0.4, 0.5) is 0 Å². The molecule has 0 unspecified atom stereocenters. The monoisotopic (exact) mass is 251 g/mol. The summed E-state index contributed by atoms with van der Waals surface area (Å²) < 4.78 is 0. The molecule has 16 heavy (non-hydrogen) atoms. The number of hydrogen-bond donors (Lipinski definition) is 1. The van der Waals surface area contributed by atoms with Crippen LogP contribution in [0.5, 0.6) is 0 Å². The van der Waals surface area contributed by atoms with Gasteiger partial charge in [-0.3, -0.25) is 0 Å². The van der Waals surface area contributed by atoms with Crippen LogP contribution >= 0.6 is 22.9 Å². The van der Waals surface area contributed by atoms with Crippen molar-refractivity contribution >= 4 is 22.9 Å². The Morgan fingerprint density at radius 2 is 2.12 bits per heavy atom. The molecule has 0 radical (unpaired) electrons. The Bertz CT molecular complexity index is 490. The average Bonchev–Trinajstić information content (AvgIpc) is 2.68. The van der Waals surface area contributed by atoms with Crippen molar-refractivity contribution < 1.29 is 0 Å². The summed E-state index contributed by atoms with van der Waals surface area (Å²) in [5, 5.41) is 6.05. The van der Waals surface area contributed by atoms with Gasteiger partial charge in [-0.2, -0.15) is 0 Å². The van der Waals surface area contributed by atoms with Gasteiger partial charge in [0.05, 0.1) is 0 Å². The van der Waals surface area contributed by atoms with Gasteiger partial charge in [-0.05, 0) is 48.2 Å². The highest BCUT2D eigenvalue weighted by molar-refractivity contribution is 7.10. The molecular weight excluding hydrogens is 238 g/mol. The van der Waals surface area contributed by atoms with Gasteiger partial charge in [0.1, 0.15) is 0 Å². The maximum absolute atomic E-state index is 6.24. The third-order valence-corrected chi connectivity index (χ3v) is 3.79. The smallest absolute Gasteiger partial charge is 0.0457 e. The number of hydrogen-bond acceptors (Lipinski definition) is 2. The summed E-state index contributed by atoms with van der Waals surface area (Å²) in [6, 6.07) is 8.41. The second-order valence-electron chi connectivity index (χ2n) is 3.73. The molecular formula is C13H14ClNS. The largest absolute Gasteiger partial charge is 0.316 e. The summed E-state index contributed by atoms with van der Waals surface area (Å²) in [6.45, 7) is 2.94. The molecule has 0 aliphatic heterocycles. The van der Waals surface area contributed by atoms with E-state index in [1.54, 1.807) is 11.3 Å². The van der Waals surface area contributed by atoms with Gasteiger partial charge in [0, 0.05) is 16.4 Å². The van der Waals surface area contributed by atoms with Gasteiger partial charge in [-0.15, -0.1) is 11.3 Å². The van der Waals surface area contributed by atoms with Crippen molar-refractivity contribution in [3.8, 4) is 11.1 Å². The summed E-state index contributed by atoms with van der Waals surface area (Å²) >= 11 is 8.00. The first-order valence-corrected chi connectivity index (χ1v) is 6.45. The van der Waals surface area contributed by atoms with Crippen LogP contribution in [-0.4, -0.2) is 7.05 Å². The van der Waals surface area contributed by atoms with Gasteiger partial charge < -0.3 is 5.32 Å². The van der Waals surface area contributed by atoms with Crippen LogP contribution in [0.25, 0.3) is 11.1 Å². The highest BCUT2D eigenvalue weighted by Gasteiger charge is 2.06. The minimum absolute atomic E-state index is 0.807. The number of nitrogens with one attached hydrogen (secondary N) is 1. The molecule has 1 nitrogen and oxygen atoms in total. The fourth-order valence-corrected chi connectivity index (χ4v) is 2.70. The van der Waals surface area contributed by atoms with Crippen LogP contribution in [0.15, 0.2) is 29.6 Å². The second-order valence-corrected chi connectivity index (χ2v) is 5.25. The fraction of sp³-hybridized carbons (Fsp3) is 0.231. The zero-order valence-electron chi connectivity index (χ0n) is 9.38. The van der Waals surface area contributed by atoms with Crippen molar-refractivity contribution in [2.45, 2.75) is 13.5 Å². The van der Waals surface area contributed by atoms with E-state index in [0.29, 0.717) is 0 Å². The summed E-state index contributed by atoms with van der Waals surface area (Å²) in [5.41, 5.74) is 3.62. The molecule has 0 saturated carbocycles. The lowest BCUT2D eigenvalue weighted by molar-refractivity contribution is 0.818. The molecule has 2 aromatic rings. The molecule has 0 atom stereocenters. The molecule has 1 N–H and O–H groups in total. The van der Waals surface area contributed by atoms with Gasteiger partial charge in [-0.1, -0.05) is 23.7 Å². The van der Waals surface area contributed by atoms with E-state index in [1.165, 1.54) is 16.0 Å². The maximum atomic E-state index is 6.24. The fourth-order valence-electron chi connectivity index (χ4n) is 1.73. The lowest BCUT2D eigenvalue weighted by atomic mass is 10.0. The first kappa shape index (κ1) is 11.6. The van der Waals surface area contributed by atoms with Crippen molar-refractivity contribution in [3.05, 3.63) is 45.1 Å². The Balaban J connectivity index is 2.38. The standard InChI is InChI=1S/C13H14ClNS/c1-9-12(5-6-16-9)10-3-4-11(8-15-2)13(14)7-10/h3-7,15H,8H2,1-2H3. The maximum Gasteiger partial charge on any atom is 0.0457 e. The molecule has 0 amide bonds. The average molecular weight is 252 g/mol. The zero-order chi connectivity index (χ0) is 11.5. The van der Waals surface area contributed by atoms with E-state index in [-0.39, 0.29) is 0 Å². The first-order chi connectivity index (χ1) is 7.72. The van der Waals surface area contributed by atoms with Gasteiger partial charge in [0.25, 0.3) is 0 Å². The molecule has 1 heterocycles. The van der Waals surface area contributed by atoms with Gasteiger partial charge >= 0.3 is 0 Å². The minimum atomic E-state index is 0.807. The third-order valence-electron chi connectivity index (χ3n) is 2.59. The lowest BCUT2D eigenvalue weighted by Crippen LogP contribution is -2.05. The number of halogens is 1. The number of benzene rings is 1. The second kappa shape index (κ2) is 5.00. The molecule has 0 aliphatic carbocycles. The van der Waals surface area contributed by atoms with Gasteiger partial charge in [-0.25, -0.2) is 0 Å². The lowest BCUT2D eigenvalue weighted by Gasteiger charge is -2.06. The molecule has 1 aromatic carbocycles. The van der Waals surface area contributed by atoms with E-state index in [0.717, 1.165) is 17.1 Å². The Labute approximate surface area is 105 Å². The molecule has 0 aliphatic rings. The Morgan fingerprint density at radius 3 is 2.69 bits per heavy atom. The van der Waals surface area contributed by atoms with Crippen molar-refractivity contribution in [2.75, 3.05) is 7.05 Å². The van der Waals surface area contributed by atoms with Crippen molar-refractivity contribution in [2.24, 2.45) is 0 Å². The van der Waals surface area contributed by atoms with Crippen molar-refractivity contribution in [1.82, 2.24) is 5.32 Å². The van der Waals surface area contributed by atoms with Crippen LogP contribution in [0.1, 0.15) is 10.4 Å². The van der Waals surface area contributed by atoms with E-state index in [2.05, 4.69) is 35.8 Å². The number of aryl methyl sites for hydroxylation is 1. The molecule has 1 aromatic heterocycles. The summed E-state index contributed by atoms with van der Waals surface area (Å²) in [6.07, 6.45) is 0. The molecule has 0 spiro atoms. The molecule has 0 saturated heterocycles. The van der Waals surface area contributed by atoms with Gasteiger partial charge in [0.2, 0.25) is 0 Å². The molecule has 84 valence electrons. The topological polar surface area (TPSA) is 12.0 Å². The van der Waals surface area contributed by atoms with Crippen molar-refractivity contribution in [3.63, 3.8) is 0 Å². The Kier molecular flexibility index (Phi) is 3.64. The van der Waals surface area contributed by atoms with Gasteiger partial charge in [0.15, 0.2) is 0 Å². The van der Waals surface area contributed by atoms with Crippen LogP contribution < -0.4 is 5.32 Å². The quantitative estimate of drug-likeness (QED) is 0.866. The van der Waals surface area contributed by atoms with Crippen LogP contribution in [0, 0.1) is 6.92 Å². The van der Waals surface area contributed by atoms with Crippen LogP contribution in [0.3, 0.4) is 0 Å². The predicted octanol–water partition coefficient (Wildman–Crippen LogP) is 4.10. The third kappa shape index (κ3) is 2.29. The van der Waals surface area contributed by atoms with E-state index in [4.69, 9.17) is 11.6 Å². The zero-order valence-corrected chi connectivity index (χ0v) is 11.0. The predicted molar refractivity (Wildman–Crippen MR) is 72.3 cm³/mol. The summed E-state index contributed by atoms with van der Waals surface area (Å²) in [5.74, 6) is 0. The molecule has 0 bridgehead atoms. The Hall–Kier alpha value is -0.830. The summed E-state index contributed by atoms with van der Waals surface area (Å²) in [4.78, 5) is 1.33. The Morgan fingerprint density at radius 1 is 1.31 bits per heavy atom. The first-order valence-electron chi connectivity index (χ1n) is 5.20. The highest BCUT2D eigenvalue weighted by Crippen LogP contribution is 2.30. The number of rotatable bonds is 3.